The molecule has 4 unspecified atom stereocenters. The molecule has 11 atom stereocenters. The molecule has 0 amide bonds. The van der Waals surface area contributed by atoms with Crippen molar-refractivity contribution in [3.05, 3.63) is 30.4 Å². The predicted molar refractivity (Wildman–Crippen MR) is 174 cm³/mol. The van der Waals surface area contributed by atoms with Crippen molar-refractivity contribution in [2.24, 2.45) is 23.7 Å². The van der Waals surface area contributed by atoms with Crippen molar-refractivity contribution in [3.8, 4) is 0 Å². The number of ketones is 2. The summed E-state index contributed by atoms with van der Waals surface area (Å²) in [6.07, 6.45) is 3.54. The zero-order valence-corrected chi connectivity index (χ0v) is 30.1. The van der Waals surface area contributed by atoms with Gasteiger partial charge in [0.1, 0.15) is 18.3 Å². The largest absolute Gasteiger partial charge is 0.457 e. The number of allylic oxidation sites excluding steroid dienone is 1. The number of imidazole rings is 1. The van der Waals surface area contributed by atoms with E-state index in [0.717, 1.165) is 11.0 Å². The first-order chi connectivity index (χ1) is 21.9. The van der Waals surface area contributed by atoms with E-state index < -0.39 is 65.3 Å². The van der Waals surface area contributed by atoms with E-state index in [4.69, 9.17) is 23.7 Å². The van der Waals surface area contributed by atoms with Crippen LogP contribution in [0.1, 0.15) is 81.6 Å². The van der Waals surface area contributed by atoms with Gasteiger partial charge in [-0.3, -0.25) is 14.4 Å². The number of ether oxygens (including phenoxy) is 5. The zero-order valence-electron chi connectivity index (χ0n) is 30.1. The molecule has 1 aromatic heterocycles. The van der Waals surface area contributed by atoms with Gasteiger partial charge in [0, 0.05) is 43.3 Å². The Morgan fingerprint density at radius 3 is 2.34 bits per heavy atom. The third-order valence-electron chi connectivity index (χ3n) is 10.0. The Hall–Kier alpha value is -2.93. The van der Waals surface area contributed by atoms with E-state index in [1.54, 1.807) is 34.6 Å². The van der Waals surface area contributed by atoms with Gasteiger partial charge in [0.25, 0.3) is 0 Å². The molecule has 12 nitrogen and oxygen atoms in total. The average molecular weight is 662 g/mol. The number of hydrogen-bond donors (Lipinski definition) is 0. The number of Topliss-reactive ketones (excluding diaryl/α,β-unsaturated/α-hetero) is 2. The lowest BCUT2D eigenvalue weighted by molar-refractivity contribution is -0.280. The van der Waals surface area contributed by atoms with E-state index in [0.29, 0.717) is 5.57 Å². The third-order valence-corrected chi connectivity index (χ3v) is 10.0. The minimum Gasteiger partial charge on any atom is -0.457 e. The van der Waals surface area contributed by atoms with Crippen molar-refractivity contribution in [3.63, 3.8) is 0 Å². The molecule has 0 N–H and O–H groups in total. The highest BCUT2D eigenvalue weighted by molar-refractivity contribution is 6.00. The second-order valence-electron chi connectivity index (χ2n) is 14.1. The quantitative estimate of drug-likeness (QED) is 0.306. The summed E-state index contributed by atoms with van der Waals surface area (Å²) in [5.41, 5.74) is -2.36. The van der Waals surface area contributed by atoms with Crippen molar-refractivity contribution in [2.45, 2.75) is 123 Å². The van der Waals surface area contributed by atoms with E-state index in [1.807, 2.05) is 27.9 Å². The molecule has 47 heavy (non-hydrogen) atoms. The molecule has 12 heteroatoms. The molecule has 2 aliphatic rings. The second kappa shape index (κ2) is 15.5. The topological polar surface area (TPSA) is 135 Å². The maximum atomic E-state index is 14.1. The van der Waals surface area contributed by atoms with Gasteiger partial charge in [-0.25, -0.2) is 14.3 Å². The number of hydrogen-bond acceptors (Lipinski definition) is 11. The summed E-state index contributed by atoms with van der Waals surface area (Å²) in [5.74, 6) is -4.05. The van der Waals surface area contributed by atoms with Crippen molar-refractivity contribution in [1.82, 2.24) is 14.5 Å². The van der Waals surface area contributed by atoms with Gasteiger partial charge in [-0.05, 0) is 79.6 Å². The van der Waals surface area contributed by atoms with Gasteiger partial charge >= 0.3 is 12.1 Å². The maximum absolute atomic E-state index is 14.1. The highest BCUT2D eigenvalue weighted by Gasteiger charge is 2.49. The molecule has 1 fully saturated rings. The molecular weight excluding hydrogens is 606 g/mol. The first-order valence-corrected chi connectivity index (χ1v) is 16.6. The van der Waals surface area contributed by atoms with Gasteiger partial charge < -0.3 is 28.6 Å². The molecule has 0 spiro atoms. The summed E-state index contributed by atoms with van der Waals surface area (Å²) in [6.45, 7) is 15.9. The van der Waals surface area contributed by atoms with Crippen molar-refractivity contribution < 1.29 is 42.9 Å². The lowest BCUT2D eigenvalue weighted by Crippen LogP contribution is -2.57. The summed E-state index contributed by atoms with van der Waals surface area (Å²) in [4.78, 5) is 60.9. The molecule has 3 rings (SSSR count). The normalized spacial score (nSPS) is 39.1. The summed E-state index contributed by atoms with van der Waals surface area (Å²) < 4.78 is 32.2. The summed E-state index contributed by atoms with van der Waals surface area (Å²) in [7, 11) is 5.57. The fraction of sp³-hybridized carbons (Fsp3) is 0.743. The van der Waals surface area contributed by atoms with Crippen LogP contribution in [0.15, 0.2) is 30.4 Å². The van der Waals surface area contributed by atoms with Crippen molar-refractivity contribution >= 4 is 23.6 Å². The highest BCUT2D eigenvalue weighted by atomic mass is 16.7. The van der Waals surface area contributed by atoms with Gasteiger partial charge in [-0.1, -0.05) is 27.7 Å². The first-order valence-electron chi connectivity index (χ1n) is 16.6. The van der Waals surface area contributed by atoms with Crippen molar-refractivity contribution in [2.75, 3.05) is 21.2 Å². The lowest BCUT2D eigenvalue weighted by Gasteiger charge is -2.47. The first kappa shape index (κ1) is 38.5. The molecular formula is C35H55N3O9. The van der Waals surface area contributed by atoms with Gasteiger partial charge in [0.2, 0.25) is 0 Å². The molecule has 3 heterocycles. The van der Waals surface area contributed by atoms with Gasteiger partial charge in [0.15, 0.2) is 23.5 Å². The Balaban J connectivity index is 2.10. The van der Waals surface area contributed by atoms with E-state index in [2.05, 4.69) is 16.8 Å². The number of nitrogens with zero attached hydrogens (tertiary/aromatic N) is 3. The highest BCUT2D eigenvalue weighted by Crippen LogP contribution is 2.38. The molecule has 0 aliphatic carbocycles. The van der Waals surface area contributed by atoms with Gasteiger partial charge in [-0.2, -0.15) is 0 Å². The third kappa shape index (κ3) is 8.57. The summed E-state index contributed by atoms with van der Waals surface area (Å²) >= 11 is 0. The molecule has 0 aromatic carbocycles. The fourth-order valence-electron chi connectivity index (χ4n) is 7.13. The molecule has 2 aliphatic heterocycles. The van der Waals surface area contributed by atoms with Crippen LogP contribution >= 0.6 is 0 Å². The average Bonchev–Trinajstić information content (AvgIpc) is 3.57. The number of aromatic nitrogens is 2. The molecule has 1 aromatic rings. The minimum absolute atomic E-state index is 0.0441. The Morgan fingerprint density at radius 1 is 1.13 bits per heavy atom. The van der Waals surface area contributed by atoms with Crippen LogP contribution in [0.2, 0.25) is 0 Å². The Kier molecular flexibility index (Phi) is 12.7. The van der Waals surface area contributed by atoms with Gasteiger partial charge in [-0.15, -0.1) is 0 Å². The molecule has 0 radical (unpaired) electrons. The van der Waals surface area contributed by atoms with Crippen LogP contribution in [0.5, 0.6) is 0 Å². The number of carbonyl (C=O) groups is 4. The number of esters is 1. The summed E-state index contributed by atoms with van der Waals surface area (Å²) in [6, 6.07) is 0.174. The van der Waals surface area contributed by atoms with E-state index >= 15 is 0 Å². The molecule has 0 saturated carbocycles. The molecule has 0 bridgehead atoms. The van der Waals surface area contributed by atoms with Crippen LogP contribution in [0.3, 0.4) is 0 Å². The Morgan fingerprint density at radius 2 is 1.79 bits per heavy atom. The maximum Gasteiger partial charge on any atom is 0.420 e. The molecule has 264 valence electrons. The number of carbonyl (C=O) groups excluding carboxylic acids is 4. The zero-order chi connectivity index (χ0) is 35.4. The Labute approximate surface area is 279 Å². The van der Waals surface area contributed by atoms with E-state index in [-0.39, 0.29) is 36.7 Å². The standard InChI is InChI=1S/C35H55N3O9/c1-13-27-34(8,47-33(42)38-15-14-36-19-38)17-20(2)28(39)21(3)18-35(9,43-12)30(24(6)29(40)25(7)31(41)45-27)46-32-23(5)26(37(10)11)16-22(4)44-32/h14-15,17,19,21-27,30,32H,13,16,18H2,1-12H3/b20-17+/t21-,22?,23?,24+,25-,26?,27-,30-,32?,34+,35-/m1/s1. The van der Waals surface area contributed by atoms with E-state index in [9.17, 15) is 19.2 Å². The fourth-order valence-corrected chi connectivity index (χ4v) is 7.13. The minimum atomic E-state index is -1.55. The van der Waals surface area contributed by atoms with Crippen LogP contribution in [0, 0.1) is 23.7 Å². The second-order valence-corrected chi connectivity index (χ2v) is 14.1. The van der Waals surface area contributed by atoms with Crippen LogP contribution in [0.25, 0.3) is 0 Å². The van der Waals surface area contributed by atoms with Gasteiger partial charge in [0.05, 0.1) is 17.8 Å². The SMILES string of the molecule is CC[C@H]1OC(=O)[C@H](C)C(=O)[C@H](C)[C@@H](OC2OC(C)CC(N(C)C)C2C)[C@](C)(OC)C[C@@H](C)C(=O)/C(C)=C/[C@]1(C)OC(=O)n1ccnc1. The van der Waals surface area contributed by atoms with Crippen LogP contribution in [-0.4, -0.2) is 101 Å². The summed E-state index contributed by atoms with van der Waals surface area (Å²) in [5, 5.41) is 0. The molecule has 1 saturated heterocycles. The monoisotopic (exact) mass is 661 g/mol. The smallest absolute Gasteiger partial charge is 0.420 e. The lowest BCUT2D eigenvalue weighted by atomic mass is 9.76. The number of methoxy groups -OCH3 is 1. The number of rotatable bonds is 6. The van der Waals surface area contributed by atoms with Crippen LogP contribution in [-0.2, 0) is 38.1 Å². The number of cyclic esters (lactones) is 1. The van der Waals surface area contributed by atoms with Crippen molar-refractivity contribution in [1.29, 1.82) is 0 Å². The van der Waals surface area contributed by atoms with E-state index in [1.165, 1.54) is 38.8 Å². The predicted octanol–water partition coefficient (Wildman–Crippen LogP) is 4.84. The Bertz CT molecular complexity index is 1300. The van der Waals surface area contributed by atoms with Crippen LogP contribution in [0.4, 0.5) is 4.79 Å². The van der Waals surface area contributed by atoms with Crippen LogP contribution < -0.4 is 0 Å².